The number of aromatic nitrogens is 2. The lowest BCUT2D eigenvalue weighted by molar-refractivity contribution is -0.0247. The molecule has 2 aromatic heterocycles. The molecule has 7 heteroatoms. The van der Waals surface area contributed by atoms with E-state index in [1.807, 2.05) is 17.5 Å². The molecule has 0 spiro atoms. The van der Waals surface area contributed by atoms with E-state index in [2.05, 4.69) is 9.97 Å². The third kappa shape index (κ3) is 3.03. The number of nitrogens with zero attached hydrogens (tertiary/aromatic N) is 2. The summed E-state index contributed by atoms with van der Waals surface area (Å²) >= 11 is 1.42. The summed E-state index contributed by atoms with van der Waals surface area (Å²) in [6, 6.07) is 5.10. The second-order valence-corrected chi connectivity index (χ2v) is 5.79. The summed E-state index contributed by atoms with van der Waals surface area (Å²) in [5.41, 5.74) is 0.364. The lowest BCUT2D eigenvalue weighted by atomic mass is 10.2. The first kappa shape index (κ1) is 14.0. The van der Waals surface area contributed by atoms with Crippen molar-refractivity contribution in [1.82, 2.24) is 14.9 Å². The Kier molecular flexibility index (Phi) is 3.85. The Morgan fingerprint density at radius 2 is 2.43 bits per heavy atom. The lowest BCUT2D eigenvalue weighted by Gasteiger charge is -2.32. The summed E-state index contributed by atoms with van der Waals surface area (Å²) in [5, 5.41) is 1.88. The van der Waals surface area contributed by atoms with Crippen molar-refractivity contribution in [3.8, 4) is 0 Å². The smallest absolute Gasteiger partial charge is 0.264 e. The van der Waals surface area contributed by atoms with E-state index in [0.29, 0.717) is 36.1 Å². The Hall–Kier alpha value is -1.99. The molecule has 1 N–H and O–H groups in total. The lowest BCUT2D eigenvalue weighted by Crippen LogP contribution is -2.42. The van der Waals surface area contributed by atoms with E-state index < -0.39 is 0 Å². The molecule has 3 heterocycles. The van der Waals surface area contributed by atoms with Gasteiger partial charge in [-0.15, -0.1) is 11.3 Å². The minimum atomic E-state index is -0.358. The van der Waals surface area contributed by atoms with Crippen LogP contribution in [0.2, 0.25) is 0 Å². The van der Waals surface area contributed by atoms with Gasteiger partial charge in [-0.2, -0.15) is 0 Å². The molecule has 0 bridgehead atoms. The van der Waals surface area contributed by atoms with Crippen LogP contribution in [0.1, 0.15) is 27.3 Å². The van der Waals surface area contributed by atoms with Gasteiger partial charge in [0.1, 0.15) is 11.9 Å². The Bertz CT molecular complexity index is 696. The molecule has 110 valence electrons. The maximum absolute atomic E-state index is 12.4. The van der Waals surface area contributed by atoms with Gasteiger partial charge in [-0.05, 0) is 18.4 Å². The standard InChI is InChI=1S/C14H15N3O3S/c1-9-15-10(7-13(18)16-9)11-8-17(4-5-20-11)14(19)12-3-2-6-21-12/h2-3,6-7,11H,4-5,8H2,1H3,(H,15,16,18). The van der Waals surface area contributed by atoms with Gasteiger partial charge in [0.25, 0.3) is 11.5 Å². The number of hydrogen-bond donors (Lipinski definition) is 1. The first-order valence-corrected chi connectivity index (χ1v) is 7.53. The third-order valence-electron chi connectivity index (χ3n) is 3.30. The number of ether oxygens (including phenoxy) is 1. The predicted molar refractivity (Wildman–Crippen MR) is 78.5 cm³/mol. The number of aryl methyl sites for hydroxylation is 1. The van der Waals surface area contributed by atoms with E-state index in [0.717, 1.165) is 0 Å². The van der Waals surface area contributed by atoms with E-state index in [9.17, 15) is 9.59 Å². The van der Waals surface area contributed by atoms with Crippen molar-refractivity contribution in [3.63, 3.8) is 0 Å². The molecule has 2 aromatic rings. The average molecular weight is 305 g/mol. The molecule has 1 amide bonds. The zero-order valence-electron chi connectivity index (χ0n) is 11.5. The topological polar surface area (TPSA) is 75.3 Å². The fraction of sp³-hybridized carbons (Fsp3) is 0.357. The van der Waals surface area contributed by atoms with E-state index in [4.69, 9.17) is 4.74 Å². The summed E-state index contributed by atoms with van der Waals surface area (Å²) in [4.78, 5) is 33.3. The fourth-order valence-corrected chi connectivity index (χ4v) is 3.03. The highest BCUT2D eigenvalue weighted by Gasteiger charge is 2.27. The largest absolute Gasteiger partial charge is 0.368 e. The van der Waals surface area contributed by atoms with Gasteiger partial charge >= 0.3 is 0 Å². The van der Waals surface area contributed by atoms with E-state index in [1.54, 1.807) is 11.8 Å². The molecule has 0 radical (unpaired) electrons. The van der Waals surface area contributed by atoms with Crippen LogP contribution in [0.3, 0.4) is 0 Å². The highest BCUT2D eigenvalue weighted by Crippen LogP contribution is 2.22. The maximum atomic E-state index is 12.4. The highest BCUT2D eigenvalue weighted by molar-refractivity contribution is 7.12. The van der Waals surface area contributed by atoms with Crippen LogP contribution in [0.25, 0.3) is 0 Å². The van der Waals surface area contributed by atoms with Gasteiger partial charge in [-0.25, -0.2) is 4.98 Å². The number of morpholine rings is 1. The van der Waals surface area contributed by atoms with Crippen molar-refractivity contribution < 1.29 is 9.53 Å². The third-order valence-corrected chi connectivity index (χ3v) is 4.15. The van der Waals surface area contributed by atoms with Crippen LogP contribution in [-0.4, -0.2) is 40.5 Å². The summed E-state index contributed by atoms with van der Waals surface area (Å²) in [6.07, 6.45) is -0.358. The second-order valence-electron chi connectivity index (χ2n) is 4.84. The molecule has 1 aliphatic heterocycles. The number of rotatable bonds is 2. The highest BCUT2D eigenvalue weighted by atomic mass is 32.1. The van der Waals surface area contributed by atoms with Crippen molar-refractivity contribution in [3.05, 3.63) is 50.3 Å². The number of aromatic amines is 1. The van der Waals surface area contributed by atoms with Crippen LogP contribution in [0.5, 0.6) is 0 Å². The Balaban J connectivity index is 1.79. The van der Waals surface area contributed by atoms with Gasteiger partial charge in [0.2, 0.25) is 0 Å². The van der Waals surface area contributed by atoms with E-state index in [-0.39, 0.29) is 17.6 Å². The van der Waals surface area contributed by atoms with Crippen molar-refractivity contribution >= 4 is 17.2 Å². The molecule has 1 fully saturated rings. The molecule has 1 aliphatic rings. The number of carbonyl (C=O) groups excluding carboxylic acids is 1. The van der Waals surface area contributed by atoms with Crippen LogP contribution in [0, 0.1) is 6.92 Å². The maximum Gasteiger partial charge on any atom is 0.264 e. The SMILES string of the molecule is Cc1nc(C2CN(C(=O)c3cccs3)CCO2)cc(=O)[nH]1. The number of carbonyl (C=O) groups is 1. The normalized spacial score (nSPS) is 18.7. The Labute approximate surface area is 125 Å². The molecule has 1 atom stereocenters. The molecule has 0 aliphatic carbocycles. The zero-order chi connectivity index (χ0) is 14.8. The van der Waals surface area contributed by atoms with Gasteiger partial charge in [0, 0.05) is 12.6 Å². The van der Waals surface area contributed by atoms with Crippen molar-refractivity contribution in [1.29, 1.82) is 0 Å². The Morgan fingerprint density at radius 1 is 1.57 bits per heavy atom. The van der Waals surface area contributed by atoms with Crippen LogP contribution in [0.15, 0.2) is 28.4 Å². The molecule has 0 saturated carbocycles. The molecule has 1 unspecified atom stereocenters. The Morgan fingerprint density at radius 3 is 3.14 bits per heavy atom. The van der Waals surface area contributed by atoms with Gasteiger partial charge in [-0.3, -0.25) is 9.59 Å². The molecule has 21 heavy (non-hydrogen) atoms. The molecule has 3 rings (SSSR count). The van der Waals surface area contributed by atoms with Gasteiger partial charge in [0.05, 0.1) is 23.7 Å². The fourth-order valence-electron chi connectivity index (χ4n) is 2.34. The molecular weight excluding hydrogens is 290 g/mol. The molecule has 0 aromatic carbocycles. The van der Waals surface area contributed by atoms with Gasteiger partial charge < -0.3 is 14.6 Å². The number of hydrogen-bond acceptors (Lipinski definition) is 5. The number of H-pyrrole nitrogens is 1. The molecular formula is C14H15N3O3S. The summed E-state index contributed by atoms with van der Waals surface area (Å²) < 4.78 is 5.67. The van der Waals surface area contributed by atoms with Gasteiger partial charge in [-0.1, -0.05) is 6.07 Å². The first-order chi connectivity index (χ1) is 10.1. The minimum absolute atomic E-state index is 0.000127. The predicted octanol–water partition coefficient (Wildman–Crippen LogP) is 1.35. The van der Waals surface area contributed by atoms with Gasteiger partial charge in [0.15, 0.2) is 0 Å². The quantitative estimate of drug-likeness (QED) is 0.909. The minimum Gasteiger partial charge on any atom is -0.368 e. The van der Waals surface area contributed by atoms with Crippen LogP contribution in [-0.2, 0) is 4.74 Å². The first-order valence-electron chi connectivity index (χ1n) is 6.66. The molecule has 6 nitrogen and oxygen atoms in total. The van der Waals surface area contributed by atoms with Crippen LogP contribution < -0.4 is 5.56 Å². The zero-order valence-corrected chi connectivity index (χ0v) is 12.4. The number of thiophene rings is 1. The summed E-state index contributed by atoms with van der Waals surface area (Å²) in [5.74, 6) is 0.544. The summed E-state index contributed by atoms with van der Waals surface area (Å²) in [6.45, 7) is 3.12. The number of amides is 1. The van der Waals surface area contributed by atoms with Crippen molar-refractivity contribution in [2.45, 2.75) is 13.0 Å². The van der Waals surface area contributed by atoms with E-state index >= 15 is 0 Å². The van der Waals surface area contributed by atoms with Crippen molar-refractivity contribution in [2.24, 2.45) is 0 Å². The van der Waals surface area contributed by atoms with E-state index in [1.165, 1.54) is 17.4 Å². The van der Waals surface area contributed by atoms with Crippen LogP contribution in [0.4, 0.5) is 0 Å². The average Bonchev–Trinajstić information content (AvgIpc) is 3.00. The summed E-state index contributed by atoms with van der Waals surface area (Å²) in [7, 11) is 0. The monoisotopic (exact) mass is 305 g/mol. The number of nitrogens with one attached hydrogen (secondary N) is 1. The molecule has 1 saturated heterocycles. The van der Waals surface area contributed by atoms with Crippen molar-refractivity contribution in [2.75, 3.05) is 19.7 Å². The second kappa shape index (κ2) is 5.79. The van der Waals surface area contributed by atoms with Crippen LogP contribution >= 0.6 is 11.3 Å².